The van der Waals surface area contributed by atoms with Crippen molar-refractivity contribution < 1.29 is 14.0 Å². The maximum atomic E-state index is 11.8. The number of rotatable bonds is 6. The van der Waals surface area contributed by atoms with Crippen LogP contribution in [0.3, 0.4) is 0 Å². The molecule has 0 aromatic heterocycles. The Balaban J connectivity index is 2.45. The van der Waals surface area contributed by atoms with Gasteiger partial charge in [0.15, 0.2) is 0 Å². The zero-order valence-electron chi connectivity index (χ0n) is 12.1. The molecule has 0 saturated carbocycles. The lowest BCUT2D eigenvalue weighted by Gasteiger charge is -2.31. The number of quaternary nitrogens is 1. The fourth-order valence-corrected chi connectivity index (χ4v) is 1.51. The molecule has 1 unspecified atom stereocenters. The monoisotopic (exact) mass is 261 g/mol. The smallest absolute Gasteiger partial charge is 0.338 e. The third kappa shape index (κ3) is 4.87. The molecule has 0 amide bonds. The quantitative estimate of drug-likeness (QED) is 0.581. The molecule has 1 radical (unpaired) electrons. The standard InChI is InChI=1S/C16H23NO2/c1-6-14-7-9-15(10-8-14)16(18)19-12-11-13(2)17(3,4)5/h6-10,13H,1-2,11-12H2,3-5H3/q+1. The number of nitrogens with zero attached hydrogens (tertiary/aromatic N) is 1. The number of esters is 1. The molecule has 0 aliphatic rings. The van der Waals surface area contributed by atoms with Crippen LogP contribution in [-0.2, 0) is 4.74 Å². The summed E-state index contributed by atoms with van der Waals surface area (Å²) in [5, 5.41) is 0. The first-order valence-electron chi connectivity index (χ1n) is 6.38. The summed E-state index contributed by atoms with van der Waals surface area (Å²) < 4.78 is 6.01. The highest BCUT2D eigenvalue weighted by atomic mass is 16.5. The summed E-state index contributed by atoms with van der Waals surface area (Å²) in [4.78, 5) is 11.8. The highest BCUT2D eigenvalue weighted by Gasteiger charge is 2.18. The van der Waals surface area contributed by atoms with Crippen molar-refractivity contribution in [1.29, 1.82) is 0 Å². The second-order valence-corrected chi connectivity index (χ2v) is 5.52. The maximum absolute atomic E-state index is 11.8. The Kier molecular flexibility index (Phi) is 5.31. The van der Waals surface area contributed by atoms with E-state index >= 15 is 0 Å². The second kappa shape index (κ2) is 6.53. The lowest BCUT2D eigenvalue weighted by molar-refractivity contribution is -0.890. The Morgan fingerprint density at radius 1 is 1.32 bits per heavy atom. The minimum Gasteiger partial charge on any atom is -0.462 e. The van der Waals surface area contributed by atoms with Crippen LogP contribution in [0.25, 0.3) is 6.08 Å². The molecule has 0 saturated heterocycles. The molecule has 1 aromatic carbocycles. The number of carbonyl (C=O) groups is 1. The molecule has 0 spiro atoms. The summed E-state index contributed by atoms with van der Waals surface area (Å²) >= 11 is 0. The Morgan fingerprint density at radius 2 is 1.89 bits per heavy atom. The van der Waals surface area contributed by atoms with E-state index in [1.165, 1.54) is 0 Å². The van der Waals surface area contributed by atoms with Crippen molar-refractivity contribution in [3.05, 3.63) is 48.9 Å². The van der Waals surface area contributed by atoms with Crippen LogP contribution >= 0.6 is 0 Å². The van der Waals surface area contributed by atoms with Crippen molar-refractivity contribution in [3.63, 3.8) is 0 Å². The minimum atomic E-state index is -0.288. The van der Waals surface area contributed by atoms with E-state index in [0.717, 1.165) is 16.5 Å². The molecule has 0 heterocycles. The largest absolute Gasteiger partial charge is 0.462 e. The second-order valence-electron chi connectivity index (χ2n) is 5.52. The van der Waals surface area contributed by atoms with Gasteiger partial charge in [0.2, 0.25) is 0 Å². The molecule has 19 heavy (non-hydrogen) atoms. The Morgan fingerprint density at radius 3 is 2.37 bits per heavy atom. The van der Waals surface area contributed by atoms with Gasteiger partial charge in [0, 0.05) is 13.3 Å². The van der Waals surface area contributed by atoms with Crippen LogP contribution in [0.2, 0.25) is 0 Å². The Labute approximate surface area is 116 Å². The molecule has 3 nitrogen and oxygen atoms in total. The van der Waals surface area contributed by atoms with Crippen molar-refractivity contribution in [3.8, 4) is 0 Å². The fraction of sp³-hybridized carbons (Fsp3) is 0.375. The minimum absolute atomic E-state index is 0.205. The number of benzene rings is 1. The topological polar surface area (TPSA) is 26.3 Å². The van der Waals surface area contributed by atoms with Gasteiger partial charge in [0.1, 0.15) is 0 Å². The molecule has 1 atom stereocenters. The lowest BCUT2D eigenvalue weighted by Crippen LogP contribution is -2.44. The fourth-order valence-electron chi connectivity index (χ4n) is 1.51. The van der Waals surface area contributed by atoms with E-state index in [1.54, 1.807) is 18.2 Å². The van der Waals surface area contributed by atoms with E-state index in [4.69, 9.17) is 4.74 Å². The molecule has 103 valence electrons. The predicted molar refractivity (Wildman–Crippen MR) is 78.6 cm³/mol. The average molecular weight is 261 g/mol. The molecule has 0 aliphatic heterocycles. The van der Waals surface area contributed by atoms with Crippen LogP contribution < -0.4 is 0 Å². The van der Waals surface area contributed by atoms with Gasteiger partial charge in [-0.2, -0.15) is 0 Å². The summed E-state index contributed by atoms with van der Waals surface area (Å²) in [6, 6.07) is 7.40. The molecule has 0 aliphatic carbocycles. The SMILES string of the molecule is [CH2]C(CCOC(=O)c1ccc(C=C)cc1)[N+](C)(C)C. The Hall–Kier alpha value is -1.61. The third-order valence-corrected chi connectivity index (χ3v) is 3.16. The van der Waals surface area contributed by atoms with Crippen molar-refractivity contribution in [1.82, 2.24) is 0 Å². The van der Waals surface area contributed by atoms with Crippen molar-refractivity contribution in [2.45, 2.75) is 12.5 Å². The first kappa shape index (κ1) is 15.4. The highest BCUT2D eigenvalue weighted by Crippen LogP contribution is 2.09. The molecular formula is C16H23NO2+. The first-order chi connectivity index (χ1) is 8.84. The van der Waals surface area contributed by atoms with Gasteiger partial charge in [-0.25, -0.2) is 4.79 Å². The van der Waals surface area contributed by atoms with Crippen molar-refractivity contribution in [2.24, 2.45) is 0 Å². The summed E-state index contributed by atoms with van der Waals surface area (Å²) in [5.41, 5.74) is 1.55. The lowest BCUT2D eigenvalue weighted by atomic mass is 10.1. The molecule has 0 N–H and O–H groups in total. The van der Waals surface area contributed by atoms with E-state index in [-0.39, 0.29) is 12.0 Å². The van der Waals surface area contributed by atoms with Gasteiger partial charge in [-0.15, -0.1) is 0 Å². The van der Waals surface area contributed by atoms with Gasteiger partial charge < -0.3 is 9.22 Å². The number of hydrogen-bond acceptors (Lipinski definition) is 2. The normalized spacial score (nSPS) is 12.8. The van der Waals surface area contributed by atoms with Crippen LogP contribution in [0.4, 0.5) is 0 Å². The van der Waals surface area contributed by atoms with Crippen LogP contribution in [0.5, 0.6) is 0 Å². The molecule has 3 heteroatoms. The van der Waals surface area contributed by atoms with E-state index in [1.807, 2.05) is 12.1 Å². The summed E-state index contributed by atoms with van der Waals surface area (Å²) in [6.45, 7) is 8.14. The summed E-state index contributed by atoms with van der Waals surface area (Å²) in [5.74, 6) is -0.288. The van der Waals surface area contributed by atoms with Crippen molar-refractivity contribution in [2.75, 3.05) is 27.7 Å². The zero-order valence-corrected chi connectivity index (χ0v) is 12.1. The third-order valence-electron chi connectivity index (χ3n) is 3.16. The van der Waals surface area contributed by atoms with Gasteiger partial charge in [0.05, 0.1) is 39.4 Å². The van der Waals surface area contributed by atoms with Crippen LogP contribution in [0.1, 0.15) is 22.3 Å². The van der Waals surface area contributed by atoms with E-state index in [9.17, 15) is 4.79 Å². The maximum Gasteiger partial charge on any atom is 0.338 e. The predicted octanol–water partition coefficient (Wildman–Crippen LogP) is 2.79. The molecule has 1 rings (SSSR count). The summed E-state index contributed by atoms with van der Waals surface area (Å²) in [7, 11) is 6.23. The number of ether oxygens (including phenoxy) is 1. The van der Waals surface area contributed by atoms with E-state index in [0.29, 0.717) is 12.2 Å². The van der Waals surface area contributed by atoms with Gasteiger partial charge >= 0.3 is 5.97 Å². The van der Waals surface area contributed by atoms with Crippen LogP contribution in [-0.4, -0.2) is 44.2 Å². The molecular weight excluding hydrogens is 238 g/mol. The van der Waals surface area contributed by atoms with Gasteiger partial charge in [-0.3, -0.25) is 0 Å². The Bertz CT molecular complexity index is 429. The van der Waals surface area contributed by atoms with E-state index in [2.05, 4.69) is 34.6 Å². The zero-order chi connectivity index (χ0) is 14.5. The number of hydrogen-bond donors (Lipinski definition) is 0. The van der Waals surface area contributed by atoms with Crippen LogP contribution in [0.15, 0.2) is 30.8 Å². The first-order valence-corrected chi connectivity index (χ1v) is 6.38. The van der Waals surface area contributed by atoms with Crippen LogP contribution in [0, 0.1) is 6.92 Å². The van der Waals surface area contributed by atoms with Gasteiger partial charge in [-0.05, 0) is 17.7 Å². The van der Waals surface area contributed by atoms with Gasteiger partial charge in [-0.1, -0.05) is 24.8 Å². The highest BCUT2D eigenvalue weighted by molar-refractivity contribution is 5.89. The van der Waals surface area contributed by atoms with E-state index < -0.39 is 0 Å². The number of carbonyl (C=O) groups excluding carboxylic acids is 1. The molecule has 0 bridgehead atoms. The molecule has 0 fully saturated rings. The van der Waals surface area contributed by atoms with Crippen molar-refractivity contribution >= 4 is 12.0 Å². The molecule has 1 aromatic rings. The van der Waals surface area contributed by atoms with Gasteiger partial charge in [0.25, 0.3) is 0 Å². The summed E-state index contributed by atoms with van der Waals surface area (Å²) in [6.07, 6.45) is 2.49. The average Bonchev–Trinajstić information content (AvgIpc) is 2.37.